The molecule has 1 atom stereocenters. The molecule has 1 aliphatic rings. The fourth-order valence-electron chi connectivity index (χ4n) is 2.96. The molecule has 1 N–H and O–H groups in total. The van der Waals surface area contributed by atoms with Gasteiger partial charge in [-0.2, -0.15) is 0 Å². The number of fused-ring (bicyclic) bond motifs is 1. The van der Waals surface area contributed by atoms with Crippen molar-refractivity contribution in [3.05, 3.63) is 48.3 Å². The monoisotopic (exact) mass is 384 g/mol. The smallest absolute Gasteiger partial charge is 0.322 e. The number of aromatic nitrogens is 1. The lowest BCUT2D eigenvalue weighted by Crippen LogP contribution is -2.42. The number of hydrogen-bond acceptors (Lipinski definition) is 5. The highest BCUT2D eigenvalue weighted by Crippen LogP contribution is 2.35. The number of nitrogens with one attached hydrogen (secondary N) is 1. The van der Waals surface area contributed by atoms with Gasteiger partial charge < -0.3 is 24.6 Å². The van der Waals surface area contributed by atoms with Crippen molar-refractivity contribution in [2.75, 3.05) is 37.5 Å². The third-order valence-corrected chi connectivity index (χ3v) is 4.50. The van der Waals surface area contributed by atoms with Crippen LogP contribution in [0.4, 0.5) is 16.2 Å². The van der Waals surface area contributed by atoms with Gasteiger partial charge in [0, 0.05) is 51.4 Å². The first kappa shape index (κ1) is 19.6. The number of anilines is 2. The molecule has 0 saturated heterocycles. The molecule has 0 bridgehead atoms. The molecule has 0 fully saturated rings. The Morgan fingerprint density at radius 3 is 2.93 bits per heavy atom. The van der Waals surface area contributed by atoms with Crippen molar-refractivity contribution in [2.45, 2.75) is 19.6 Å². The zero-order valence-corrected chi connectivity index (χ0v) is 16.2. The molecular formula is C20H24N4O4. The summed E-state index contributed by atoms with van der Waals surface area (Å²) in [6.45, 7) is 2.98. The first-order chi connectivity index (χ1) is 13.5. The number of carbonyl (C=O) groups is 2. The highest BCUT2D eigenvalue weighted by molar-refractivity contribution is 6.00. The number of urea groups is 1. The van der Waals surface area contributed by atoms with Gasteiger partial charge in [-0.05, 0) is 30.7 Å². The van der Waals surface area contributed by atoms with Gasteiger partial charge in [0.15, 0.2) is 6.10 Å². The number of benzene rings is 1. The molecule has 0 aliphatic carbocycles. The number of methoxy groups -OCH3 is 1. The zero-order valence-electron chi connectivity index (χ0n) is 16.2. The van der Waals surface area contributed by atoms with Crippen LogP contribution in [0.2, 0.25) is 0 Å². The molecule has 2 heterocycles. The van der Waals surface area contributed by atoms with E-state index in [1.165, 1.54) is 0 Å². The number of nitrogens with zero attached hydrogens (tertiary/aromatic N) is 3. The summed E-state index contributed by atoms with van der Waals surface area (Å²) in [4.78, 5) is 32.1. The lowest BCUT2D eigenvalue weighted by atomic mass is 10.2. The average Bonchev–Trinajstić information content (AvgIpc) is 2.70. The fourth-order valence-corrected chi connectivity index (χ4v) is 2.96. The third-order valence-electron chi connectivity index (χ3n) is 4.50. The topological polar surface area (TPSA) is 84.0 Å². The van der Waals surface area contributed by atoms with Crippen molar-refractivity contribution in [2.24, 2.45) is 0 Å². The molecule has 28 heavy (non-hydrogen) atoms. The number of likely N-dealkylation sites (N-methyl/N-ethyl adjacent to an activating group) is 1. The molecule has 8 nitrogen and oxygen atoms in total. The second-order valence-electron chi connectivity index (χ2n) is 6.55. The summed E-state index contributed by atoms with van der Waals surface area (Å²) >= 11 is 0. The highest BCUT2D eigenvalue weighted by Gasteiger charge is 2.29. The van der Waals surface area contributed by atoms with Crippen LogP contribution in [0, 0.1) is 0 Å². The van der Waals surface area contributed by atoms with E-state index in [1.54, 1.807) is 61.5 Å². The van der Waals surface area contributed by atoms with E-state index < -0.39 is 6.10 Å². The van der Waals surface area contributed by atoms with E-state index in [1.807, 2.05) is 12.1 Å². The molecule has 0 saturated carbocycles. The van der Waals surface area contributed by atoms with Gasteiger partial charge in [0.1, 0.15) is 5.75 Å². The Kier molecular flexibility index (Phi) is 6.10. The summed E-state index contributed by atoms with van der Waals surface area (Å²) in [5, 5.41) is 2.89. The van der Waals surface area contributed by atoms with Crippen molar-refractivity contribution in [1.29, 1.82) is 0 Å². The van der Waals surface area contributed by atoms with E-state index in [0.29, 0.717) is 36.8 Å². The Hall–Kier alpha value is -3.13. The van der Waals surface area contributed by atoms with E-state index in [9.17, 15) is 9.59 Å². The van der Waals surface area contributed by atoms with Crippen LogP contribution in [0.25, 0.3) is 0 Å². The number of ether oxygens (including phenoxy) is 2. The average molecular weight is 384 g/mol. The maximum atomic E-state index is 12.8. The first-order valence-electron chi connectivity index (χ1n) is 9.01. The minimum absolute atomic E-state index is 0.105. The molecular weight excluding hydrogens is 360 g/mol. The second-order valence-corrected chi connectivity index (χ2v) is 6.55. The Labute approximate surface area is 164 Å². The number of carbonyl (C=O) groups excluding carboxylic acids is 2. The van der Waals surface area contributed by atoms with Crippen LogP contribution in [-0.2, 0) is 16.1 Å². The highest BCUT2D eigenvalue weighted by atomic mass is 16.5. The van der Waals surface area contributed by atoms with E-state index in [4.69, 9.17) is 9.47 Å². The zero-order chi connectivity index (χ0) is 20.1. The maximum Gasteiger partial charge on any atom is 0.322 e. The van der Waals surface area contributed by atoms with Gasteiger partial charge in [-0.3, -0.25) is 9.78 Å². The second kappa shape index (κ2) is 8.71. The van der Waals surface area contributed by atoms with Gasteiger partial charge in [0.05, 0.1) is 12.3 Å². The Morgan fingerprint density at radius 2 is 2.21 bits per heavy atom. The standard InChI is InChI=1S/C20H24N4O4/c1-14-19(25)23(2)17-7-6-16(11-18(17)28-14)22-20(26)24(9-10-27-3)13-15-5-4-8-21-12-15/h4-8,11-12,14H,9-10,13H2,1-3H3,(H,22,26)/t14-/m0/s1. The van der Waals surface area contributed by atoms with Crippen LogP contribution in [0.1, 0.15) is 12.5 Å². The summed E-state index contributed by atoms with van der Waals surface area (Å²) < 4.78 is 10.8. The van der Waals surface area contributed by atoms with Gasteiger partial charge in [0.2, 0.25) is 0 Å². The van der Waals surface area contributed by atoms with Crippen LogP contribution in [0.5, 0.6) is 5.75 Å². The van der Waals surface area contributed by atoms with Crippen molar-refractivity contribution in [3.8, 4) is 5.75 Å². The van der Waals surface area contributed by atoms with Gasteiger partial charge in [-0.1, -0.05) is 6.07 Å². The predicted octanol–water partition coefficient (Wildman–Crippen LogP) is 2.51. The van der Waals surface area contributed by atoms with E-state index in [2.05, 4.69) is 10.3 Å². The van der Waals surface area contributed by atoms with Gasteiger partial charge >= 0.3 is 6.03 Å². The molecule has 1 aromatic carbocycles. The molecule has 148 valence electrons. The van der Waals surface area contributed by atoms with E-state index in [-0.39, 0.29) is 11.9 Å². The Balaban J connectivity index is 1.74. The number of hydrogen-bond donors (Lipinski definition) is 1. The molecule has 2 aromatic rings. The molecule has 1 aliphatic heterocycles. The number of pyridine rings is 1. The Bertz CT molecular complexity index is 843. The minimum Gasteiger partial charge on any atom is -0.479 e. The summed E-state index contributed by atoms with van der Waals surface area (Å²) in [5.74, 6) is 0.453. The van der Waals surface area contributed by atoms with Gasteiger partial charge in [-0.25, -0.2) is 4.79 Å². The number of rotatable bonds is 6. The quantitative estimate of drug-likeness (QED) is 0.827. The maximum absolute atomic E-state index is 12.8. The molecule has 3 rings (SSSR count). The molecule has 1 aromatic heterocycles. The normalized spacial score (nSPS) is 15.6. The lowest BCUT2D eigenvalue weighted by Gasteiger charge is -2.30. The summed E-state index contributed by atoms with van der Waals surface area (Å²) in [6, 6.07) is 8.73. The molecule has 8 heteroatoms. The fraction of sp³-hybridized carbons (Fsp3) is 0.350. The van der Waals surface area contributed by atoms with Gasteiger partial charge in [0.25, 0.3) is 5.91 Å². The minimum atomic E-state index is -0.563. The van der Waals surface area contributed by atoms with Crippen molar-refractivity contribution in [3.63, 3.8) is 0 Å². The van der Waals surface area contributed by atoms with Crippen LogP contribution >= 0.6 is 0 Å². The lowest BCUT2D eigenvalue weighted by molar-refractivity contribution is -0.125. The molecule has 3 amide bonds. The van der Waals surface area contributed by atoms with Crippen LogP contribution < -0.4 is 15.0 Å². The largest absolute Gasteiger partial charge is 0.479 e. The van der Waals surface area contributed by atoms with Crippen molar-refractivity contribution in [1.82, 2.24) is 9.88 Å². The summed E-state index contributed by atoms with van der Waals surface area (Å²) in [7, 11) is 3.30. The molecule has 0 radical (unpaired) electrons. The van der Waals surface area contributed by atoms with Crippen LogP contribution in [0.15, 0.2) is 42.7 Å². The van der Waals surface area contributed by atoms with E-state index >= 15 is 0 Å². The molecule has 0 unspecified atom stereocenters. The third kappa shape index (κ3) is 4.40. The van der Waals surface area contributed by atoms with Gasteiger partial charge in [-0.15, -0.1) is 0 Å². The van der Waals surface area contributed by atoms with Crippen molar-refractivity contribution < 1.29 is 19.1 Å². The van der Waals surface area contributed by atoms with Crippen LogP contribution in [-0.4, -0.2) is 55.2 Å². The van der Waals surface area contributed by atoms with Crippen LogP contribution in [0.3, 0.4) is 0 Å². The number of amides is 3. The Morgan fingerprint density at radius 1 is 1.39 bits per heavy atom. The SMILES string of the molecule is COCCN(Cc1cccnc1)C(=O)Nc1ccc2c(c1)O[C@@H](C)C(=O)N2C. The summed E-state index contributed by atoms with van der Waals surface area (Å²) in [5.41, 5.74) is 2.19. The first-order valence-corrected chi connectivity index (χ1v) is 9.01. The van der Waals surface area contributed by atoms with E-state index in [0.717, 1.165) is 5.56 Å². The van der Waals surface area contributed by atoms with Crippen molar-refractivity contribution >= 4 is 23.3 Å². The summed E-state index contributed by atoms with van der Waals surface area (Å²) in [6.07, 6.45) is 2.86. The predicted molar refractivity (Wildman–Crippen MR) is 105 cm³/mol. The molecule has 0 spiro atoms.